The number of benzene rings is 2. The van der Waals surface area contributed by atoms with Crippen molar-refractivity contribution in [3.8, 4) is 11.8 Å². The highest BCUT2D eigenvalue weighted by Gasteiger charge is 1.95. The standard InChI is InChI=1S/C21H22/c1-5-6-17(3)21-13-11-19(12-14-21)9-10-20-8-7-16(2)18(4)15-20/h6-8,11-15H,5H2,1-4H3/b17-6-. The highest BCUT2D eigenvalue weighted by atomic mass is 14.0. The molecule has 2 aromatic carbocycles. The van der Waals surface area contributed by atoms with Crippen molar-refractivity contribution < 1.29 is 0 Å². The van der Waals surface area contributed by atoms with E-state index < -0.39 is 0 Å². The van der Waals surface area contributed by atoms with Crippen molar-refractivity contribution in [2.75, 3.05) is 0 Å². The predicted octanol–water partition coefficient (Wildman–Crippen LogP) is 5.52. The van der Waals surface area contributed by atoms with Gasteiger partial charge in [0.1, 0.15) is 0 Å². The van der Waals surface area contributed by atoms with Gasteiger partial charge in [0.25, 0.3) is 0 Å². The molecule has 0 atom stereocenters. The summed E-state index contributed by atoms with van der Waals surface area (Å²) >= 11 is 0. The van der Waals surface area contributed by atoms with E-state index in [0.29, 0.717) is 0 Å². The molecule has 0 bridgehead atoms. The van der Waals surface area contributed by atoms with Crippen LogP contribution < -0.4 is 0 Å². The van der Waals surface area contributed by atoms with Crippen molar-refractivity contribution in [1.29, 1.82) is 0 Å². The molecule has 0 aliphatic heterocycles. The first-order valence-electron chi connectivity index (χ1n) is 7.46. The van der Waals surface area contributed by atoms with Crippen LogP contribution in [0.5, 0.6) is 0 Å². The number of aryl methyl sites for hydroxylation is 2. The van der Waals surface area contributed by atoms with Crippen molar-refractivity contribution in [2.45, 2.75) is 34.1 Å². The van der Waals surface area contributed by atoms with E-state index in [1.54, 1.807) is 0 Å². The maximum atomic E-state index is 3.24. The van der Waals surface area contributed by atoms with Gasteiger partial charge in [-0.2, -0.15) is 0 Å². The number of allylic oxidation sites excluding steroid dienone is 2. The van der Waals surface area contributed by atoms with Crippen LogP contribution in [-0.4, -0.2) is 0 Å². The SMILES string of the molecule is CC/C=C(/C)c1ccc(C#Cc2ccc(C)c(C)c2)cc1. The zero-order chi connectivity index (χ0) is 15.2. The Balaban J connectivity index is 2.19. The van der Waals surface area contributed by atoms with Gasteiger partial charge in [-0.25, -0.2) is 0 Å². The van der Waals surface area contributed by atoms with E-state index >= 15 is 0 Å². The molecule has 0 aliphatic rings. The Morgan fingerprint density at radius 2 is 1.52 bits per heavy atom. The highest BCUT2D eigenvalue weighted by molar-refractivity contribution is 5.64. The van der Waals surface area contributed by atoms with E-state index in [0.717, 1.165) is 17.5 Å². The fourth-order valence-corrected chi connectivity index (χ4v) is 2.20. The molecule has 0 heterocycles. The monoisotopic (exact) mass is 274 g/mol. The summed E-state index contributed by atoms with van der Waals surface area (Å²) < 4.78 is 0. The Bertz CT molecular complexity index is 704. The van der Waals surface area contributed by atoms with Crippen LogP contribution in [0.25, 0.3) is 5.57 Å². The van der Waals surface area contributed by atoms with Gasteiger partial charge in [0, 0.05) is 11.1 Å². The summed E-state index contributed by atoms with van der Waals surface area (Å²) in [6, 6.07) is 14.8. The molecule has 0 fully saturated rings. The Morgan fingerprint density at radius 3 is 2.14 bits per heavy atom. The Hall–Kier alpha value is -2.26. The van der Waals surface area contributed by atoms with Gasteiger partial charge >= 0.3 is 0 Å². The molecule has 0 aliphatic carbocycles. The molecule has 2 aromatic rings. The molecule has 21 heavy (non-hydrogen) atoms. The van der Waals surface area contributed by atoms with E-state index in [-0.39, 0.29) is 0 Å². The third kappa shape index (κ3) is 4.10. The molecule has 0 N–H and O–H groups in total. The Kier molecular flexibility index (Phi) is 5.01. The lowest BCUT2D eigenvalue weighted by Gasteiger charge is -2.01. The van der Waals surface area contributed by atoms with E-state index in [9.17, 15) is 0 Å². The molecule has 0 radical (unpaired) electrons. The molecule has 0 amide bonds. The minimum Gasteiger partial charge on any atom is -0.0813 e. The van der Waals surface area contributed by atoms with Crippen molar-refractivity contribution >= 4 is 5.57 Å². The summed E-state index contributed by atoms with van der Waals surface area (Å²) in [4.78, 5) is 0. The van der Waals surface area contributed by atoms with Crippen LogP contribution in [0.3, 0.4) is 0 Å². The fourth-order valence-electron chi connectivity index (χ4n) is 2.20. The first kappa shape index (κ1) is 15.1. The van der Waals surface area contributed by atoms with Gasteiger partial charge in [0.05, 0.1) is 0 Å². The lowest BCUT2D eigenvalue weighted by molar-refractivity contribution is 1.22. The average molecular weight is 274 g/mol. The van der Waals surface area contributed by atoms with Gasteiger partial charge in [0.2, 0.25) is 0 Å². The lowest BCUT2D eigenvalue weighted by Crippen LogP contribution is -1.83. The van der Waals surface area contributed by atoms with E-state index in [4.69, 9.17) is 0 Å². The minimum absolute atomic E-state index is 1.06. The summed E-state index contributed by atoms with van der Waals surface area (Å²) in [5.41, 5.74) is 7.32. The topological polar surface area (TPSA) is 0 Å². The summed E-state index contributed by atoms with van der Waals surface area (Å²) in [6.45, 7) is 8.56. The second-order valence-electron chi connectivity index (χ2n) is 5.42. The van der Waals surface area contributed by atoms with E-state index in [2.05, 4.69) is 88.1 Å². The molecule has 0 saturated carbocycles. The van der Waals surface area contributed by atoms with Crippen LogP contribution in [-0.2, 0) is 0 Å². The summed E-state index contributed by atoms with van der Waals surface area (Å²) in [5.74, 6) is 6.47. The zero-order valence-corrected chi connectivity index (χ0v) is 13.3. The van der Waals surface area contributed by atoms with Gasteiger partial charge < -0.3 is 0 Å². The molecular formula is C21H22. The van der Waals surface area contributed by atoms with Gasteiger partial charge in [-0.1, -0.05) is 43.0 Å². The number of rotatable bonds is 2. The summed E-state index contributed by atoms with van der Waals surface area (Å²) in [6.07, 6.45) is 3.32. The third-order valence-corrected chi connectivity index (χ3v) is 3.71. The Labute approximate surface area is 128 Å². The van der Waals surface area contributed by atoms with Crippen LogP contribution >= 0.6 is 0 Å². The molecule has 0 aromatic heterocycles. The molecule has 0 heteroatoms. The normalized spacial score (nSPS) is 11.0. The minimum atomic E-state index is 1.06. The van der Waals surface area contributed by atoms with E-state index in [1.807, 2.05) is 0 Å². The smallest absolute Gasteiger partial charge is 0.0251 e. The Morgan fingerprint density at radius 1 is 0.905 bits per heavy atom. The van der Waals surface area contributed by atoms with Crippen molar-refractivity contribution in [2.24, 2.45) is 0 Å². The lowest BCUT2D eigenvalue weighted by atomic mass is 10.0. The first-order chi connectivity index (χ1) is 10.1. The van der Waals surface area contributed by atoms with Gasteiger partial charge in [-0.15, -0.1) is 0 Å². The maximum Gasteiger partial charge on any atom is 0.0251 e. The van der Waals surface area contributed by atoms with Crippen LogP contribution in [0.2, 0.25) is 0 Å². The number of hydrogen-bond acceptors (Lipinski definition) is 0. The molecule has 2 rings (SSSR count). The van der Waals surface area contributed by atoms with Crippen molar-refractivity contribution in [3.05, 3.63) is 76.4 Å². The van der Waals surface area contributed by atoms with Crippen molar-refractivity contribution in [1.82, 2.24) is 0 Å². The molecule has 0 spiro atoms. The second kappa shape index (κ2) is 6.95. The average Bonchev–Trinajstić information content (AvgIpc) is 2.49. The highest BCUT2D eigenvalue weighted by Crippen LogP contribution is 2.15. The van der Waals surface area contributed by atoms with Crippen LogP contribution in [0, 0.1) is 25.7 Å². The second-order valence-corrected chi connectivity index (χ2v) is 5.42. The quantitative estimate of drug-likeness (QED) is 0.633. The predicted molar refractivity (Wildman–Crippen MR) is 92.3 cm³/mol. The van der Waals surface area contributed by atoms with Gasteiger partial charge in [0.15, 0.2) is 0 Å². The zero-order valence-electron chi connectivity index (χ0n) is 13.3. The third-order valence-electron chi connectivity index (χ3n) is 3.71. The molecule has 0 unspecified atom stereocenters. The molecule has 0 nitrogen and oxygen atoms in total. The molecule has 106 valence electrons. The molecule has 0 saturated heterocycles. The van der Waals surface area contributed by atoms with Crippen molar-refractivity contribution in [3.63, 3.8) is 0 Å². The van der Waals surface area contributed by atoms with E-state index in [1.165, 1.54) is 22.3 Å². The van der Waals surface area contributed by atoms with Gasteiger partial charge in [-0.3, -0.25) is 0 Å². The van der Waals surface area contributed by atoms with Crippen LogP contribution in [0.1, 0.15) is 48.1 Å². The largest absolute Gasteiger partial charge is 0.0813 e. The molecular weight excluding hydrogens is 252 g/mol. The van der Waals surface area contributed by atoms with Crippen LogP contribution in [0.4, 0.5) is 0 Å². The van der Waals surface area contributed by atoms with Gasteiger partial charge in [-0.05, 0) is 73.7 Å². The summed E-state index contributed by atoms with van der Waals surface area (Å²) in [5, 5.41) is 0. The first-order valence-corrected chi connectivity index (χ1v) is 7.46. The summed E-state index contributed by atoms with van der Waals surface area (Å²) in [7, 11) is 0. The fraction of sp³-hybridized carbons (Fsp3) is 0.238. The maximum absolute atomic E-state index is 3.24. The number of hydrogen-bond donors (Lipinski definition) is 0. The van der Waals surface area contributed by atoms with Crippen LogP contribution in [0.15, 0.2) is 48.5 Å².